The van der Waals surface area contributed by atoms with Crippen molar-refractivity contribution in [1.29, 1.82) is 0 Å². The molecule has 0 unspecified atom stereocenters. The van der Waals surface area contributed by atoms with E-state index in [1.165, 1.54) is 23.1 Å². The molecule has 0 heterocycles. The lowest BCUT2D eigenvalue weighted by Gasteiger charge is -2.40. The summed E-state index contributed by atoms with van der Waals surface area (Å²) in [6.45, 7) is 4.15. The molecule has 0 aromatic heterocycles. The van der Waals surface area contributed by atoms with Gasteiger partial charge in [-0.1, -0.05) is 18.2 Å². The lowest BCUT2D eigenvalue weighted by molar-refractivity contribution is -0.131. The smallest absolute Gasteiger partial charge is 0.140 e. The predicted molar refractivity (Wildman–Crippen MR) is 72.8 cm³/mol. The molecule has 0 saturated heterocycles. The number of rotatable bonds is 5. The Hall–Kier alpha value is -1.15. The maximum absolute atomic E-state index is 12.2. The fourth-order valence-corrected chi connectivity index (χ4v) is 2.77. The number of benzene rings is 1. The molecular formula is C16H22O2. The first-order valence-corrected chi connectivity index (χ1v) is 6.68. The van der Waals surface area contributed by atoms with Crippen LogP contribution in [0.5, 0.6) is 0 Å². The summed E-state index contributed by atoms with van der Waals surface area (Å²) in [5.41, 5.74) is 3.47. The van der Waals surface area contributed by atoms with Crippen LogP contribution in [0.15, 0.2) is 18.2 Å². The first-order chi connectivity index (χ1) is 8.56. The summed E-state index contributed by atoms with van der Waals surface area (Å²) in [7, 11) is 1.73. The molecule has 1 saturated carbocycles. The second kappa shape index (κ2) is 5.23. The molecule has 0 aliphatic heterocycles. The molecule has 2 rings (SSSR count). The van der Waals surface area contributed by atoms with E-state index in [-0.39, 0.29) is 5.60 Å². The zero-order chi connectivity index (χ0) is 13.2. The van der Waals surface area contributed by atoms with Crippen LogP contribution in [0, 0.1) is 13.8 Å². The molecule has 1 aliphatic rings. The van der Waals surface area contributed by atoms with Gasteiger partial charge in [-0.2, -0.15) is 0 Å². The number of ether oxygens (including phenoxy) is 1. The van der Waals surface area contributed by atoms with Crippen molar-refractivity contribution >= 4 is 5.78 Å². The van der Waals surface area contributed by atoms with Crippen LogP contribution >= 0.6 is 0 Å². The highest BCUT2D eigenvalue weighted by Gasteiger charge is 2.38. The van der Waals surface area contributed by atoms with Crippen LogP contribution < -0.4 is 0 Å². The molecule has 0 atom stereocenters. The summed E-state index contributed by atoms with van der Waals surface area (Å²) in [6.07, 6.45) is 4.36. The normalized spacial score (nSPS) is 17.3. The van der Waals surface area contributed by atoms with Gasteiger partial charge in [-0.3, -0.25) is 4.79 Å². The maximum Gasteiger partial charge on any atom is 0.140 e. The Labute approximate surface area is 109 Å². The van der Waals surface area contributed by atoms with Gasteiger partial charge in [0.15, 0.2) is 0 Å². The summed E-state index contributed by atoms with van der Waals surface area (Å²) < 4.78 is 5.52. The zero-order valence-corrected chi connectivity index (χ0v) is 11.6. The van der Waals surface area contributed by atoms with Crippen molar-refractivity contribution in [3.05, 3.63) is 34.9 Å². The van der Waals surface area contributed by atoms with Gasteiger partial charge in [0.2, 0.25) is 0 Å². The summed E-state index contributed by atoms with van der Waals surface area (Å²) in [4.78, 5) is 12.2. The molecule has 18 heavy (non-hydrogen) atoms. The van der Waals surface area contributed by atoms with E-state index in [1.807, 2.05) is 6.07 Å². The molecule has 0 bridgehead atoms. The number of hydrogen-bond acceptors (Lipinski definition) is 2. The van der Waals surface area contributed by atoms with Gasteiger partial charge in [-0.25, -0.2) is 0 Å². The van der Waals surface area contributed by atoms with Crippen LogP contribution in [0.4, 0.5) is 0 Å². The van der Waals surface area contributed by atoms with Crippen molar-refractivity contribution in [2.24, 2.45) is 0 Å². The van der Waals surface area contributed by atoms with E-state index in [0.29, 0.717) is 18.6 Å². The van der Waals surface area contributed by atoms with Gasteiger partial charge in [0.1, 0.15) is 5.78 Å². The summed E-state index contributed by atoms with van der Waals surface area (Å²) in [5.74, 6) is 0.300. The van der Waals surface area contributed by atoms with Gasteiger partial charge in [0, 0.05) is 20.0 Å². The van der Waals surface area contributed by atoms with Gasteiger partial charge in [-0.15, -0.1) is 0 Å². The summed E-state index contributed by atoms with van der Waals surface area (Å²) >= 11 is 0. The van der Waals surface area contributed by atoms with Gasteiger partial charge in [-0.05, 0) is 49.8 Å². The molecule has 1 aromatic rings. The highest BCUT2D eigenvalue weighted by Crippen LogP contribution is 2.38. The molecule has 1 aliphatic carbocycles. The van der Waals surface area contributed by atoms with E-state index in [9.17, 15) is 4.79 Å². The van der Waals surface area contributed by atoms with Gasteiger partial charge < -0.3 is 4.74 Å². The topological polar surface area (TPSA) is 26.3 Å². The number of methoxy groups -OCH3 is 1. The molecule has 0 spiro atoms. The van der Waals surface area contributed by atoms with E-state index in [4.69, 9.17) is 4.74 Å². The molecule has 0 amide bonds. The predicted octanol–water partition coefficient (Wildman–Crippen LogP) is 3.37. The third-order valence-electron chi connectivity index (χ3n) is 4.24. The van der Waals surface area contributed by atoms with E-state index in [0.717, 1.165) is 12.8 Å². The fourth-order valence-electron chi connectivity index (χ4n) is 2.77. The number of carbonyl (C=O) groups excluding carboxylic acids is 1. The minimum Gasteiger partial charge on any atom is -0.378 e. The number of ketones is 1. The largest absolute Gasteiger partial charge is 0.378 e. The maximum atomic E-state index is 12.2. The average Bonchev–Trinajstić information content (AvgIpc) is 2.29. The van der Waals surface area contributed by atoms with E-state index in [1.54, 1.807) is 7.11 Å². The van der Waals surface area contributed by atoms with Crippen molar-refractivity contribution in [2.45, 2.75) is 51.6 Å². The van der Waals surface area contributed by atoms with E-state index < -0.39 is 0 Å². The minimum atomic E-state index is -0.145. The van der Waals surface area contributed by atoms with Crippen molar-refractivity contribution in [1.82, 2.24) is 0 Å². The molecule has 2 nitrogen and oxygen atoms in total. The average molecular weight is 246 g/mol. The SMILES string of the molecule is COC1(CC(=O)Cc2c(C)cccc2C)CCC1. The molecule has 2 heteroatoms. The van der Waals surface area contributed by atoms with Crippen LogP contribution in [0.25, 0.3) is 0 Å². The van der Waals surface area contributed by atoms with Crippen molar-refractivity contribution in [3.8, 4) is 0 Å². The van der Waals surface area contributed by atoms with Crippen LogP contribution in [-0.4, -0.2) is 18.5 Å². The van der Waals surface area contributed by atoms with Crippen molar-refractivity contribution < 1.29 is 9.53 Å². The molecule has 1 fully saturated rings. The van der Waals surface area contributed by atoms with Crippen molar-refractivity contribution in [2.75, 3.05) is 7.11 Å². The van der Waals surface area contributed by atoms with E-state index >= 15 is 0 Å². The van der Waals surface area contributed by atoms with Crippen molar-refractivity contribution in [3.63, 3.8) is 0 Å². The second-order valence-corrected chi connectivity index (χ2v) is 5.50. The minimum absolute atomic E-state index is 0.145. The summed E-state index contributed by atoms with van der Waals surface area (Å²) in [6, 6.07) is 6.19. The first-order valence-electron chi connectivity index (χ1n) is 6.68. The molecule has 0 radical (unpaired) electrons. The number of aryl methyl sites for hydroxylation is 2. The Bertz CT molecular complexity index is 419. The first kappa shape index (κ1) is 13.3. The number of hydrogen-bond donors (Lipinski definition) is 0. The van der Waals surface area contributed by atoms with Crippen LogP contribution in [0.1, 0.15) is 42.4 Å². The van der Waals surface area contributed by atoms with Gasteiger partial charge in [0.25, 0.3) is 0 Å². The molecule has 0 N–H and O–H groups in total. The monoisotopic (exact) mass is 246 g/mol. The third-order valence-corrected chi connectivity index (χ3v) is 4.24. The van der Waals surface area contributed by atoms with Gasteiger partial charge in [0.05, 0.1) is 5.60 Å². The Morgan fingerprint density at radius 3 is 2.33 bits per heavy atom. The van der Waals surface area contributed by atoms with Crippen LogP contribution in [-0.2, 0) is 16.0 Å². The second-order valence-electron chi connectivity index (χ2n) is 5.50. The molecular weight excluding hydrogens is 224 g/mol. The Kier molecular flexibility index (Phi) is 3.86. The summed E-state index contributed by atoms with van der Waals surface area (Å²) in [5, 5.41) is 0. The fraction of sp³-hybridized carbons (Fsp3) is 0.562. The quantitative estimate of drug-likeness (QED) is 0.796. The zero-order valence-electron chi connectivity index (χ0n) is 11.6. The standard InChI is InChI=1S/C16H22O2/c1-12-6-4-7-13(2)15(12)10-14(17)11-16(18-3)8-5-9-16/h4,6-7H,5,8-11H2,1-3H3. The Morgan fingerprint density at radius 2 is 1.89 bits per heavy atom. The van der Waals surface area contributed by atoms with Crippen LogP contribution in [0.2, 0.25) is 0 Å². The number of Topliss-reactive ketones (excluding diaryl/α,β-unsaturated/α-hetero) is 1. The molecule has 98 valence electrons. The highest BCUT2D eigenvalue weighted by molar-refractivity contribution is 5.82. The third kappa shape index (κ3) is 2.64. The van der Waals surface area contributed by atoms with E-state index in [2.05, 4.69) is 26.0 Å². The lowest BCUT2D eigenvalue weighted by Crippen LogP contribution is -2.41. The van der Waals surface area contributed by atoms with Gasteiger partial charge >= 0.3 is 0 Å². The Balaban J connectivity index is 2.03. The molecule has 1 aromatic carbocycles. The Morgan fingerprint density at radius 1 is 1.28 bits per heavy atom. The lowest BCUT2D eigenvalue weighted by atomic mass is 9.75. The van der Waals surface area contributed by atoms with Crippen LogP contribution in [0.3, 0.4) is 0 Å². The highest BCUT2D eigenvalue weighted by atomic mass is 16.5. The number of carbonyl (C=O) groups is 1.